The van der Waals surface area contributed by atoms with Gasteiger partial charge in [0, 0.05) is 82.1 Å². The third kappa shape index (κ3) is 9.36. The number of anilines is 4. The Labute approximate surface area is 463 Å². The normalized spacial score (nSPS) is 13.7. The second kappa shape index (κ2) is 19.7. The van der Waals surface area contributed by atoms with Crippen molar-refractivity contribution < 1.29 is 32.7 Å². The number of hydrogen-bond donors (Lipinski definition) is 0. The van der Waals surface area contributed by atoms with Crippen molar-refractivity contribution in [3.05, 3.63) is 248 Å². The molecule has 2 aromatic heterocycles. The van der Waals surface area contributed by atoms with Gasteiger partial charge in [-0.15, -0.1) is 48.1 Å². The minimum Gasteiger partial charge on any atom is -0.509 e. The van der Waals surface area contributed by atoms with Crippen LogP contribution in [0.15, 0.2) is 212 Å². The van der Waals surface area contributed by atoms with E-state index in [0.717, 1.165) is 66.9 Å². The van der Waals surface area contributed by atoms with E-state index in [1.165, 1.54) is 11.1 Å². The summed E-state index contributed by atoms with van der Waals surface area (Å²) in [5.74, 6) is 0.811. The first-order valence-electron chi connectivity index (χ1n) is 27.6. The molecular weight excluding hydrogens is 1100 g/mol. The maximum absolute atomic E-state index is 9.64. The van der Waals surface area contributed by atoms with Crippen LogP contribution in [0.1, 0.15) is 65.1 Å². The summed E-state index contributed by atoms with van der Waals surface area (Å²) in [6.45, 7) is 13.1. The number of para-hydroxylation sites is 3. The minimum absolute atomic E-state index is 0. The van der Waals surface area contributed by atoms with Gasteiger partial charge >= 0.3 is 0 Å². The van der Waals surface area contributed by atoms with E-state index in [0.29, 0.717) is 28.1 Å². The van der Waals surface area contributed by atoms with Gasteiger partial charge in [0.15, 0.2) is 0 Å². The average Bonchev–Trinajstić information content (AvgIpc) is 4.12. The molecule has 12 rings (SSSR count). The topological polar surface area (TPSA) is 33.5 Å². The van der Waals surface area contributed by atoms with Crippen LogP contribution in [-0.4, -0.2) is 9.55 Å². The van der Waals surface area contributed by atoms with E-state index < -0.39 is 6.85 Å². The van der Waals surface area contributed by atoms with Crippen LogP contribution >= 0.6 is 0 Å². The number of hydrogen-bond acceptors (Lipinski definition) is 4. The number of pyridine rings is 1. The maximum atomic E-state index is 9.64. The third-order valence-electron chi connectivity index (χ3n) is 14.0. The second-order valence-electron chi connectivity index (χ2n) is 21.0. The first-order valence-corrected chi connectivity index (χ1v) is 25.1. The van der Waals surface area contributed by atoms with Gasteiger partial charge in [0.1, 0.15) is 5.82 Å². The maximum Gasteiger partial charge on any atom is 0.135 e. The summed E-state index contributed by atoms with van der Waals surface area (Å²) in [6, 6.07) is 74.1. The largest absolute Gasteiger partial charge is 0.509 e. The second-order valence-corrected chi connectivity index (χ2v) is 21.0. The van der Waals surface area contributed by atoms with Gasteiger partial charge in [-0.1, -0.05) is 199 Å². The number of rotatable bonds is 9. The van der Waals surface area contributed by atoms with Gasteiger partial charge in [-0.25, -0.2) is 4.98 Å². The van der Waals surface area contributed by atoms with Crippen LogP contribution in [0.3, 0.4) is 0 Å². The van der Waals surface area contributed by atoms with Crippen molar-refractivity contribution in [2.24, 2.45) is 0 Å². The molecule has 9 aromatic carbocycles. The Bertz CT molecular complexity index is 4100. The van der Waals surface area contributed by atoms with E-state index in [-0.39, 0.29) is 61.1 Å². The fourth-order valence-electron chi connectivity index (χ4n) is 10.1. The predicted molar refractivity (Wildman–Crippen MR) is 308 cm³/mol. The summed E-state index contributed by atoms with van der Waals surface area (Å²) in [6.07, 6.45) is -0.249. The Balaban J connectivity index is 0.00000675. The van der Waals surface area contributed by atoms with Crippen LogP contribution in [0.2, 0.25) is 0 Å². The van der Waals surface area contributed by atoms with Gasteiger partial charge < -0.3 is 19.1 Å². The van der Waals surface area contributed by atoms with E-state index in [2.05, 4.69) is 179 Å². The molecule has 0 aliphatic carbocycles. The van der Waals surface area contributed by atoms with Crippen LogP contribution < -0.4 is 14.5 Å². The molecular formula is C69H57N4OPt-3. The fraction of sp³-hybridized carbons (Fsp3) is 0.130. The van der Waals surface area contributed by atoms with Crippen LogP contribution in [0.25, 0.3) is 72.1 Å². The molecule has 0 spiro atoms. The molecule has 6 heteroatoms. The summed E-state index contributed by atoms with van der Waals surface area (Å²) < 4.78 is 53.5. The molecule has 0 radical (unpaired) electrons. The first kappa shape index (κ1) is 43.4. The van der Waals surface area contributed by atoms with E-state index in [1.54, 1.807) is 28.8 Å². The Hall–Kier alpha value is -7.98. The molecule has 5 nitrogen and oxygen atoms in total. The smallest absolute Gasteiger partial charge is 0.135 e. The Kier molecular flexibility index (Phi) is 11.4. The summed E-state index contributed by atoms with van der Waals surface area (Å²) in [7, 11) is 0. The van der Waals surface area contributed by atoms with Crippen molar-refractivity contribution in [2.75, 3.05) is 9.80 Å². The number of ether oxygens (including phenoxy) is 1. The monoisotopic (exact) mass is 1160 g/mol. The van der Waals surface area contributed by atoms with Gasteiger partial charge in [0.05, 0.1) is 2.74 Å². The predicted octanol–water partition coefficient (Wildman–Crippen LogP) is 18.5. The van der Waals surface area contributed by atoms with Gasteiger partial charge in [0.25, 0.3) is 0 Å². The Morgan fingerprint density at radius 3 is 1.76 bits per heavy atom. The van der Waals surface area contributed by atoms with Crippen molar-refractivity contribution >= 4 is 44.6 Å². The molecule has 0 unspecified atom stereocenters. The quantitative estimate of drug-likeness (QED) is 0.135. The Morgan fingerprint density at radius 2 is 1.11 bits per heavy atom. The molecule has 0 saturated carbocycles. The fourth-order valence-corrected chi connectivity index (χ4v) is 10.1. The summed E-state index contributed by atoms with van der Waals surface area (Å²) in [5, 5.41) is 1.62. The van der Waals surface area contributed by atoms with Gasteiger partial charge in [-0.2, -0.15) is 12.1 Å². The van der Waals surface area contributed by atoms with Crippen LogP contribution in [0.5, 0.6) is 11.5 Å². The molecule has 0 fully saturated rings. The van der Waals surface area contributed by atoms with Crippen LogP contribution in [-0.2, 0) is 31.9 Å². The Morgan fingerprint density at radius 1 is 0.520 bits per heavy atom. The van der Waals surface area contributed by atoms with Crippen molar-refractivity contribution in [2.45, 2.75) is 59.2 Å². The third-order valence-corrected chi connectivity index (χ3v) is 14.0. The molecule has 75 heavy (non-hydrogen) atoms. The molecule has 0 bridgehead atoms. The van der Waals surface area contributed by atoms with E-state index in [9.17, 15) is 2.74 Å². The number of aromatic nitrogens is 2. The molecule has 1 aliphatic heterocycles. The molecule has 372 valence electrons. The number of nitrogens with zero attached hydrogens (tertiary/aromatic N) is 4. The van der Waals surface area contributed by atoms with Gasteiger partial charge in [0.2, 0.25) is 0 Å². The molecule has 11 aromatic rings. The average molecular weight is 1160 g/mol. The zero-order chi connectivity index (χ0) is 55.0. The number of benzene rings is 9. The van der Waals surface area contributed by atoms with Crippen LogP contribution in [0, 0.1) is 25.7 Å². The molecule has 0 saturated heterocycles. The van der Waals surface area contributed by atoms with E-state index >= 15 is 0 Å². The first-order chi connectivity index (χ1) is 37.9. The van der Waals surface area contributed by atoms with Crippen molar-refractivity contribution in [3.63, 3.8) is 0 Å². The van der Waals surface area contributed by atoms with Crippen molar-refractivity contribution in [1.29, 1.82) is 0 Å². The molecule has 0 N–H and O–H groups in total. The summed E-state index contributed by atoms with van der Waals surface area (Å²) in [4.78, 5) is 9.20. The molecule has 1 aliphatic rings. The van der Waals surface area contributed by atoms with Crippen LogP contribution in [0.4, 0.5) is 22.7 Å². The van der Waals surface area contributed by atoms with E-state index in [1.807, 2.05) is 66.7 Å². The van der Waals surface area contributed by atoms with E-state index in [4.69, 9.17) is 13.8 Å². The SMILES string of the molecule is [2H]c1nc(-n2c3[c-]c(Oc4[c-]c(N5[CH-]N(c6c(-c7ccccc7)cccc6-c6cc(C(C)(C)C)cc(C(C)(C)C)c6)c6ccccc65)ccc4)ccc3c3cc(-c4ccccc4)ccc32)c([2H])c(C([2H])([2H])[2H])c1-c1ccccc1.[Pt]. The van der Waals surface area contributed by atoms with Crippen molar-refractivity contribution in [1.82, 2.24) is 9.55 Å². The minimum atomic E-state index is -2.74. The molecule has 3 heterocycles. The molecule has 0 atom stereocenters. The summed E-state index contributed by atoms with van der Waals surface area (Å²) >= 11 is 0. The zero-order valence-corrected chi connectivity index (χ0v) is 44.9. The van der Waals surface area contributed by atoms with Gasteiger partial charge in [-0.3, -0.25) is 0 Å². The number of fused-ring (bicyclic) bond motifs is 4. The standard InChI is InChI=1S/C69H57N4O.Pt/c1-46-37-66(70-44-61(46)49-25-15-10-16-26-49)73-62-36-33-50(47-21-11-8-12-22-47)40-60(62)59-35-34-56(43-65(59)73)74-55-28-19-27-54(42-55)71-45-72(64-32-18-17-31-63(64)71)67-57(48-23-13-9-14-24-48)29-20-30-58(67)51-38-52(68(2,3)4)41-53(39-51)69(5,6)7;/h8-41,44-45H,1-7H3;/q-3;/i1D3,37D,44D;. The zero-order valence-electron chi connectivity index (χ0n) is 47.6. The van der Waals surface area contributed by atoms with Crippen molar-refractivity contribution in [3.8, 4) is 61.8 Å². The summed E-state index contributed by atoms with van der Waals surface area (Å²) in [5.41, 5.74) is 14.2. The van der Waals surface area contributed by atoms with Gasteiger partial charge in [-0.05, 0) is 91.8 Å². The molecule has 0 amide bonds.